The predicted molar refractivity (Wildman–Crippen MR) is 45.9 cm³/mol. The lowest BCUT2D eigenvalue weighted by atomic mass is 10.3. The van der Waals surface area contributed by atoms with Crippen molar-refractivity contribution in [1.29, 1.82) is 0 Å². The molecule has 0 aromatic heterocycles. The fourth-order valence-electron chi connectivity index (χ4n) is 0.293. The van der Waals surface area contributed by atoms with Gasteiger partial charge in [0, 0.05) is 6.08 Å². The number of rotatable bonds is 3. The van der Waals surface area contributed by atoms with Crippen LogP contribution in [-0.4, -0.2) is 14.6 Å². The van der Waals surface area contributed by atoms with E-state index in [1.807, 2.05) is 0 Å². The van der Waals surface area contributed by atoms with Crippen LogP contribution in [0.3, 0.4) is 0 Å². The molecule has 0 bridgehead atoms. The van der Waals surface area contributed by atoms with Gasteiger partial charge in [0.25, 0.3) is 0 Å². The van der Waals surface area contributed by atoms with Gasteiger partial charge >= 0.3 is 0 Å². The van der Waals surface area contributed by atoms with E-state index in [2.05, 4.69) is 0 Å². The molecule has 0 saturated carbocycles. The zero-order valence-electron chi connectivity index (χ0n) is 5.63. The topological polar surface area (TPSA) is 43.1 Å². The summed E-state index contributed by atoms with van der Waals surface area (Å²) in [5.41, 5.74) is 0. The number of halogens is 3. The van der Waals surface area contributed by atoms with Crippen LogP contribution in [-0.2, 0) is 0 Å². The van der Waals surface area contributed by atoms with E-state index < -0.39 is 14.6 Å². The third-order valence-electron chi connectivity index (χ3n) is 0.949. The maximum absolute atomic E-state index is 9.83. The maximum atomic E-state index is 9.83. The Balaban J connectivity index is 4.23. The van der Waals surface area contributed by atoms with Gasteiger partial charge in [-0.2, -0.15) is 0 Å². The number of nitro groups is 1. The van der Waals surface area contributed by atoms with E-state index in [1.165, 1.54) is 0 Å². The summed E-state index contributed by atoms with van der Waals surface area (Å²) in [4.78, 5) is 9.17. The number of hydrogen-bond donors (Lipinski definition) is 0. The summed E-state index contributed by atoms with van der Waals surface area (Å²) in [6.07, 6.45) is 1.70. The highest BCUT2D eigenvalue weighted by Crippen LogP contribution is 2.30. The second-order valence-electron chi connectivity index (χ2n) is 1.89. The van der Waals surface area contributed by atoms with Gasteiger partial charge in [0.1, 0.15) is 0 Å². The van der Waals surface area contributed by atoms with Crippen LogP contribution in [0.15, 0.2) is 12.3 Å². The zero-order chi connectivity index (χ0) is 9.07. The molecule has 0 aromatic carbocycles. The number of nitrogens with zero attached hydrogens (tertiary/aromatic N) is 1. The van der Waals surface area contributed by atoms with Gasteiger partial charge in [-0.1, -0.05) is 23.2 Å². The molecule has 0 aliphatic carbocycles. The molecule has 0 N–H and O–H groups in total. The lowest BCUT2D eigenvalue weighted by molar-refractivity contribution is -0.402. The van der Waals surface area contributed by atoms with E-state index >= 15 is 0 Å². The van der Waals surface area contributed by atoms with Gasteiger partial charge in [0.15, 0.2) is 4.33 Å². The van der Waals surface area contributed by atoms with Gasteiger partial charge < -0.3 is 0 Å². The summed E-state index contributed by atoms with van der Waals surface area (Å²) in [5, 5.41) is 9.25. The van der Waals surface area contributed by atoms with Crippen LogP contribution >= 0.6 is 34.8 Å². The zero-order valence-corrected chi connectivity index (χ0v) is 7.90. The van der Waals surface area contributed by atoms with Gasteiger partial charge in [-0.25, -0.2) is 0 Å². The summed E-state index contributed by atoms with van der Waals surface area (Å²) in [5.74, 6) is 0. The number of allylic oxidation sites excluding steroid dienone is 1. The molecule has 0 amide bonds. The van der Waals surface area contributed by atoms with Crippen LogP contribution in [0.4, 0.5) is 0 Å². The highest BCUT2D eigenvalue weighted by Gasteiger charge is 2.27. The van der Waals surface area contributed by atoms with Crippen molar-refractivity contribution in [3.05, 3.63) is 22.4 Å². The lowest BCUT2D eigenvalue weighted by Crippen LogP contribution is -2.20. The van der Waals surface area contributed by atoms with Crippen molar-refractivity contribution < 1.29 is 4.92 Å². The Bertz CT molecular complexity index is 179. The van der Waals surface area contributed by atoms with E-state index in [0.29, 0.717) is 6.20 Å². The van der Waals surface area contributed by atoms with Crippen molar-refractivity contribution in [2.45, 2.75) is 16.6 Å². The van der Waals surface area contributed by atoms with Gasteiger partial charge in [0.2, 0.25) is 6.20 Å². The quantitative estimate of drug-likeness (QED) is 0.415. The normalized spacial score (nSPS) is 15.3. The minimum absolute atomic E-state index is 0.581. The van der Waals surface area contributed by atoms with Gasteiger partial charge in [-0.15, -0.1) is 11.6 Å². The van der Waals surface area contributed by atoms with Gasteiger partial charge in [0.05, 0.1) is 10.3 Å². The minimum Gasteiger partial charge on any atom is -0.259 e. The molecule has 0 saturated heterocycles. The second-order valence-corrected chi connectivity index (χ2v) is 3.99. The first-order chi connectivity index (χ1) is 4.86. The van der Waals surface area contributed by atoms with Crippen molar-refractivity contribution in [3.63, 3.8) is 0 Å². The molecule has 1 atom stereocenters. The van der Waals surface area contributed by atoms with E-state index in [1.54, 1.807) is 6.92 Å². The summed E-state index contributed by atoms with van der Waals surface area (Å²) in [6, 6.07) is 0. The average molecular weight is 218 g/mol. The molecule has 0 fully saturated rings. The SMILES string of the molecule is CC(Cl)C(Cl)(Cl)/C=C\[N+](=O)[O-]. The Morgan fingerprint density at radius 2 is 2.09 bits per heavy atom. The second kappa shape index (κ2) is 4.14. The standard InChI is InChI=1S/C5H6Cl3NO2/c1-4(6)5(7,8)2-3-9(10)11/h2-4H,1H3/b3-2-. The molecule has 11 heavy (non-hydrogen) atoms. The molecular formula is C5H6Cl3NO2. The lowest BCUT2D eigenvalue weighted by Gasteiger charge is -2.15. The summed E-state index contributed by atoms with van der Waals surface area (Å²) in [6.45, 7) is 1.55. The third kappa shape index (κ3) is 4.45. The highest BCUT2D eigenvalue weighted by atomic mass is 35.5. The van der Waals surface area contributed by atoms with Crippen molar-refractivity contribution in [1.82, 2.24) is 0 Å². The molecule has 64 valence electrons. The molecule has 0 aromatic rings. The first kappa shape index (κ1) is 11.0. The van der Waals surface area contributed by atoms with E-state index in [-0.39, 0.29) is 0 Å². The van der Waals surface area contributed by atoms with Crippen molar-refractivity contribution in [3.8, 4) is 0 Å². The van der Waals surface area contributed by atoms with Crippen molar-refractivity contribution in [2.75, 3.05) is 0 Å². The van der Waals surface area contributed by atoms with E-state index in [0.717, 1.165) is 6.08 Å². The molecule has 0 heterocycles. The number of hydrogen-bond acceptors (Lipinski definition) is 2. The Morgan fingerprint density at radius 3 is 2.36 bits per heavy atom. The summed E-state index contributed by atoms with van der Waals surface area (Å²) >= 11 is 16.6. The van der Waals surface area contributed by atoms with Crippen molar-refractivity contribution in [2.24, 2.45) is 0 Å². The fourth-order valence-corrected chi connectivity index (χ4v) is 0.478. The third-order valence-corrected chi connectivity index (χ3v) is 2.42. The molecule has 0 spiro atoms. The Morgan fingerprint density at radius 1 is 1.64 bits per heavy atom. The average Bonchev–Trinajstić information content (AvgIpc) is 1.84. The fraction of sp³-hybridized carbons (Fsp3) is 0.600. The van der Waals surface area contributed by atoms with Crippen LogP contribution in [0.25, 0.3) is 0 Å². The first-order valence-electron chi connectivity index (χ1n) is 2.71. The van der Waals surface area contributed by atoms with Crippen LogP contribution in [0.1, 0.15) is 6.92 Å². The van der Waals surface area contributed by atoms with E-state index in [9.17, 15) is 10.1 Å². The molecule has 0 radical (unpaired) electrons. The monoisotopic (exact) mass is 217 g/mol. The maximum Gasteiger partial charge on any atom is 0.233 e. The highest BCUT2D eigenvalue weighted by molar-refractivity contribution is 6.53. The Hall–Kier alpha value is 0.01000. The van der Waals surface area contributed by atoms with Gasteiger partial charge in [-0.05, 0) is 6.92 Å². The molecule has 0 aliphatic rings. The van der Waals surface area contributed by atoms with E-state index in [4.69, 9.17) is 34.8 Å². The van der Waals surface area contributed by atoms with Crippen LogP contribution in [0.2, 0.25) is 0 Å². The van der Waals surface area contributed by atoms with Crippen LogP contribution < -0.4 is 0 Å². The Labute approximate surface area is 79.1 Å². The molecule has 0 rings (SSSR count). The first-order valence-corrected chi connectivity index (χ1v) is 3.90. The molecule has 6 heteroatoms. The Kier molecular flexibility index (Phi) is 4.14. The van der Waals surface area contributed by atoms with Crippen LogP contribution in [0.5, 0.6) is 0 Å². The largest absolute Gasteiger partial charge is 0.259 e. The summed E-state index contributed by atoms with van der Waals surface area (Å²) < 4.78 is -1.38. The molecule has 0 aliphatic heterocycles. The smallest absolute Gasteiger partial charge is 0.233 e. The molecule has 3 nitrogen and oxygen atoms in total. The molecule has 1 unspecified atom stereocenters. The summed E-state index contributed by atoms with van der Waals surface area (Å²) in [7, 11) is 0. The van der Waals surface area contributed by atoms with Crippen molar-refractivity contribution >= 4 is 34.8 Å². The molecular weight excluding hydrogens is 212 g/mol. The van der Waals surface area contributed by atoms with Crippen LogP contribution in [0, 0.1) is 10.1 Å². The van der Waals surface area contributed by atoms with Gasteiger partial charge in [-0.3, -0.25) is 10.1 Å². The minimum atomic E-state index is -1.38. The predicted octanol–water partition coefficient (Wildman–Crippen LogP) is 2.58. The number of alkyl halides is 3.